The van der Waals surface area contributed by atoms with Crippen LogP contribution in [0.3, 0.4) is 0 Å². The maximum Gasteiger partial charge on any atom is 0.251 e. The zero-order valence-corrected chi connectivity index (χ0v) is 17.3. The highest BCUT2D eigenvalue weighted by molar-refractivity contribution is 5.95. The normalized spacial score (nSPS) is 11.0. The van der Waals surface area contributed by atoms with Crippen molar-refractivity contribution >= 4 is 16.9 Å². The standard InChI is InChI=1S/C26H27N3O/c1-20-10-5-6-14-22(20)26(30)27-18-17-25-28-23-15-7-8-16-24(23)29(25)19-9-13-21-11-3-2-4-12-21/h2-8,10-12,14-16H,9,13,17-19H2,1H3,(H,27,30). The first-order chi connectivity index (χ1) is 14.7. The van der Waals surface area contributed by atoms with E-state index >= 15 is 0 Å². The minimum Gasteiger partial charge on any atom is -0.352 e. The summed E-state index contributed by atoms with van der Waals surface area (Å²) >= 11 is 0. The Morgan fingerprint density at radius 1 is 0.900 bits per heavy atom. The predicted molar refractivity (Wildman–Crippen MR) is 122 cm³/mol. The van der Waals surface area contributed by atoms with Crippen LogP contribution in [0.1, 0.15) is 33.7 Å². The molecule has 30 heavy (non-hydrogen) atoms. The van der Waals surface area contributed by atoms with E-state index in [9.17, 15) is 4.79 Å². The smallest absolute Gasteiger partial charge is 0.251 e. The lowest BCUT2D eigenvalue weighted by Crippen LogP contribution is -2.27. The highest BCUT2D eigenvalue weighted by Crippen LogP contribution is 2.18. The molecule has 4 rings (SSSR count). The number of rotatable bonds is 8. The molecule has 4 aromatic rings. The number of hydrogen-bond acceptors (Lipinski definition) is 2. The topological polar surface area (TPSA) is 46.9 Å². The maximum absolute atomic E-state index is 12.5. The summed E-state index contributed by atoms with van der Waals surface area (Å²) in [4.78, 5) is 17.3. The molecule has 0 saturated heterocycles. The van der Waals surface area contributed by atoms with Gasteiger partial charge in [0.25, 0.3) is 5.91 Å². The van der Waals surface area contributed by atoms with Crippen molar-refractivity contribution in [2.24, 2.45) is 0 Å². The highest BCUT2D eigenvalue weighted by atomic mass is 16.1. The number of nitrogens with one attached hydrogen (secondary N) is 1. The summed E-state index contributed by atoms with van der Waals surface area (Å²) in [5.41, 5.74) is 5.24. The van der Waals surface area contributed by atoms with Gasteiger partial charge in [0.05, 0.1) is 11.0 Å². The molecule has 152 valence electrons. The Bertz CT molecular complexity index is 1130. The van der Waals surface area contributed by atoms with Crippen LogP contribution in [0, 0.1) is 6.92 Å². The monoisotopic (exact) mass is 397 g/mol. The highest BCUT2D eigenvalue weighted by Gasteiger charge is 2.12. The van der Waals surface area contributed by atoms with Crippen molar-refractivity contribution in [2.45, 2.75) is 32.7 Å². The number of aromatic nitrogens is 2. The Kier molecular flexibility index (Phi) is 6.23. The summed E-state index contributed by atoms with van der Waals surface area (Å²) in [5, 5.41) is 3.05. The number of fused-ring (bicyclic) bond motifs is 1. The van der Waals surface area contributed by atoms with Crippen LogP contribution >= 0.6 is 0 Å². The summed E-state index contributed by atoms with van der Waals surface area (Å²) < 4.78 is 2.30. The summed E-state index contributed by atoms with van der Waals surface area (Å²) in [5.74, 6) is 0.995. The van der Waals surface area contributed by atoms with Crippen LogP contribution in [-0.4, -0.2) is 22.0 Å². The van der Waals surface area contributed by atoms with Gasteiger partial charge in [-0.25, -0.2) is 4.98 Å². The molecule has 0 saturated carbocycles. The molecule has 0 aliphatic carbocycles. The fraction of sp³-hybridized carbons (Fsp3) is 0.231. The number of aryl methyl sites for hydroxylation is 3. The Hall–Kier alpha value is -3.40. The van der Waals surface area contributed by atoms with Crippen LogP contribution in [0.4, 0.5) is 0 Å². The van der Waals surface area contributed by atoms with Crippen LogP contribution in [0.5, 0.6) is 0 Å². The molecule has 0 atom stereocenters. The van der Waals surface area contributed by atoms with Gasteiger partial charge in [0.1, 0.15) is 5.82 Å². The molecular formula is C26H27N3O. The fourth-order valence-electron chi connectivity index (χ4n) is 3.86. The third kappa shape index (κ3) is 4.60. The van der Waals surface area contributed by atoms with Gasteiger partial charge in [-0.05, 0) is 49.1 Å². The van der Waals surface area contributed by atoms with Gasteiger partial charge in [0.15, 0.2) is 0 Å². The van der Waals surface area contributed by atoms with Crippen molar-refractivity contribution in [1.29, 1.82) is 0 Å². The average molecular weight is 398 g/mol. The molecule has 1 amide bonds. The summed E-state index contributed by atoms with van der Waals surface area (Å²) in [6, 6.07) is 26.5. The van der Waals surface area contributed by atoms with Crippen molar-refractivity contribution < 1.29 is 4.79 Å². The lowest BCUT2D eigenvalue weighted by molar-refractivity contribution is 0.0953. The van der Waals surface area contributed by atoms with Gasteiger partial charge in [0.2, 0.25) is 0 Å². The molecular weight excluding hydrogens is 370 g/mol. The summed E-state index contributed by atoms with van der Waals surface area (Å²) in [7, 11) is 0. The zero-order valence-electron chi connectivity index (χ0n) is 17.3. The second kappa shape index (κ2) is 9.40. The van der Waals surface area contributed by atoms with Crippen molar-refractivity contribution in [3.63, 3.8) is 0 Å². The van der Waals surface area contributed by atoms with Gasteiger partial charge in [-0.15, -0.1) is 0 Å². The Morgan fingerprint density at radius 3 is 2.47 bits per heavy atom. The van der Waals surface area contributed by atoms with Gasteiger partial charge in [-0.1, -0.05) is 60.7 Å². The first-order valence-corrected chi connectivity index (χ1v) is 10.5. The van der Waals surface area contributed by atoms with Gasteiger partial charge in [-0.2, -0.15) is 0 Å². The van der Waals surface area contributed by atoms with E-state index in [2.05, 4.69) is 58.4 Å². The molecule has 1 heterocycles. The van der Waals surface area contributed by atoms with E-state index in [1.165, 1.54) is 5.56 Å². The van der Waals surface area contributed by atoms with E-state index in [4.69, 9.17) is 4.98 Å². The molecule has 0 aliphatic rings. The van der Waals surface area contributed by atoms with Crippen LogP contribution in [0.15, 0.2) is 78.9 Å². The average Bonchev–Trinajstić information content (AvgIpc) is 3.12. The number of carbonyl (C=O) groups excluding carboxylic acids is 1. The molecule has 0 aliphatic heterocycles. The Morgan fingerprint density at radius 2 is 1.63 bits per heavy atom. The largest absolute Gasteiger partial charge is 0.352 e. The molecule has 4 nitrogen and oxygen atoms in total. The Labute approximate surface area is 177 Å². The van der Waals surface area contributed by atoms with Gasteiger partial charge in [-0.3, -0.25) is 4.79 Å². The van der Waals surface area contributed by atoms with E-state index in [0.717, 1.165) is 47.4 Å². The predicted octanol–water partition coefficient (Wildman–Crippen LogP) is 4.95. The molecule has 1 aromatic heterocycles. The van der Waals surface area contributed by atoms with Crippen molar-refractivity contribution in [1.82, 2.24) is 14.9 Å². The molecule has 0 bridgehead atoms. The minimum atomic E-state index is -0.0279. The lowest BCUT2D eigenvalue weighted by atomic mass is 10.1. The van der Waals surface area contributed by atoms with Crippen LogP contribution in [0.2, 0.25) is 0 Å². The first-order valence-electron chi connectivity index (χ1n) is 10.5. The van der Waals surface area contributed by atoms with E-state index in [-0.39, 0.29) is 5.91 Å². The molecule has 0 unspecified atom stereocenters. The van der Waals surface area contributed by atoms with Crippen molar-refractivity contribution in [3.8, 4) is 0 Å². The van der Waals surface area contributed by atoms with Crippen molar-refractivity contribution in [3.05, 3.63) is 101 Å². The molecule has 1 N–H and O–H groups in total. The number of carbonyl (C=O) groups is 1. The quantitative estimate of drug-likeness (QED) is 0.457. The minimum absolute atomic E-state index is 0.0279. The third-order valence-corrected chi connectivity index (χ3v) is 5.45. The van der Waals surface area contributed by atoms with Crippen molar-refractivity contribution in [2.75, 3.05) is 6.54 Å². The number of imidazole rings is 1. The molecule has 4 heteroatoms. The Balaban J connectivity index is 1.43. The SMILES string of the molecule is Cc1ccccc1C(=O)NCCc1nc2ccccc2n1CCCc1ccccc1. The second-order valence-electron chi connectivity index (χ2n) is 7.58. The van der Waals surface area contributed by atoms with Gasteiger partial charge < -0.3 is 9.88 Å². The number of amides is 1. The van der Waals surface area contributed by atoms with Crippen LogP contribution < -0.4 is 5.32 Å². The number of hydrogen-bond donors (Lipinski definition) is 1. The number of para-hydroxylation sites is 2. The van der Waals surface area contributed by atoms with Crippen LogP contribution in [-0.2, 0) is 19.4 Å². The number of nitrogens with zero attached hydrogens (tertiary/aromatic N) is 2. The fourth-order valence-corrected chi connectivity index (χ4v) is 3.86. The van der Waals surface area contributed by atoms with Gasteiger partial charge in [0, 0.05) is 25.1 Å². The zero-order chi connectivity index (χ0) is 20.8. The van der Waals surface area contributed by atoms with Crippen LogP contribution in [0.25, 0.3) is 11.0 Å². The molecule has 0 radical (unpaired) electrons. The molecule has 0 spiro atoms. The molecule has 3 aromatic carbocycles. The third-order valence-electron chi connectivity index (χ3n) is 5.45. The van der Waals surface area contributed by atoms with E-state index in [0.29, 0.717) is 13.0 Å². The lowest BCUT2D eigenvalue weighted by Gasteiger charge is -2.11. The van der Waals surface area contributed by atoms with Gasteiger partial charge >= 0.3 is 0 Å². The van der Waals surface area contributed by atoms with E-state index in [1.807, 2.05) is 37.3 Å². The summed E-state index contributed by atoms with van der Waals surface area (Å²) in [6.07, 6.45) is 2.79. The summed E-state index contributed by atoms with van der Waals surface area (Å²) in [6.45, 7) is 3.44. The molecule has 0 fully saturated rings. The second-order valence-corrected chi connectivity index (χ2v) is 7.58. The number of benzene rings is 3. The van der Waals surface area contributed by atoms with E-state index in [1.54, 1.807) is 0 Å². The first kappa shape index (κ1) is 19.9. The van der Waals surface area contributed by atoms with E-state index < -0.39 is 0 Å². The maximum atomic E-state index is 12.5.